The van der Waals surface area contributed by atoms with Crippen LogP contribution in [0.4, 0.5) is 11.4 Å². The van der Waals surface area contributed by atoms with Gasteiger partial charge in [-0.3, -0.25) is 10.1 Å². The van der Waals surface area contributed by atoms with E-state index in [1.807, 2.05) is 0 Å². The molecule has 1 aliphatic carbocycles. The third-order valence-electron chi connectivity index (χ3n) is 3.38. The maximum Gasteiger partial charge on any atom is 0.328 e. The molecule has 0 aliphatic heterocycles. The minimum Gasteiger partial charge on any atom is -0.478 e. The van der Waals surface area contributed by atoms with Gasteiger partial charge in [0, 0.05) is 35.5 Å². The van der Waals surface area contributed by atoms with Gasteiger partial charge in [-0.1, -0.05) is 6.92 Å². The number of nitro groups is 1. The van der Waals surface area contributed by atoms with Gasteiger partial charge in [0.25, 0.3) is 5.69 Å². The van der Waals surface area contributed by atoms with Crippen LogP contribution in [0, 0.1) is 16.0 Å². The van der Waals surface area contributed by atoms with Gasteiger partial charge in [-0.15, -0.1) is 0 Å². The summed E-state index contributed by atoms with van der Waals surface area (Å²) >= 11 is 0. The van der Waals surface area contributed by atoms with E-state index in [0.29, 0.717) is 17.5 Å². The zero-order valence-electron chi connectivity index (χ0n) is 11.1. The van der Waals surface area contributed by atoms with Crippen LogP contribution in [0.5, 0.6) is 0 Å². The van der Waals surface area contributed by atoms with Crippen molar-refractivity contribution in [2.45, 2.75) is 25.8 Å². The highest BCUT2D eigenvalue weighted by molar-refractivity contribution is 5.87. The van der Waals surface area contributed by atoms with Gasteiger partial charge in [-0.05, 0) is 30.9 Å². The van der Waals surface area contributed by atoms with Crippen LogP contribution in [-0.2, 0) is 4.79 Å². The highest BCUT2D eigenvalue weighted by Gasteiger charge is 2.25. The number of carbonyl (C=O) groups is 1. The van der Waals surface area contributed by atoms with Gasteiger partial charge in [0.1, 0.15) is 0 Å². The Labute approximate surface area is 116 Å². The molecule has 0 heterocycles. The van der Waals surface area contributed by atoms with Crippen molar-refractivity contribution in [1.29, 1.82) is 0 Å². The number of non-ortho nitro benzene ring substituents is 1. The molecule has 0 saturated heterocycles. The molecule has 1 aromatic rings. The second-order valence-electron chi connectivity index (χ2n) is 5.12. The van der Waals surface area contributed by atoms with Gasteiger partial charge < -0.3 is 10.4 Å². The molecular formula is C14H16N2O4. The van der Waals surface area contributed by atoms with Gasteiger partial charge >= 0.3 is 5.97 Å². The summed E-state index contributed by atoms with van der Waals surface area (Å²) in [6.07, 6.45) is 4.46. The zero-order valence-corrected chi connectivity index (χ0v) is 11.1. The largest absolute Gasteiger partial charge is 0.478 e. The minimum absolute atomic E-state index is 0.0532. The summed E-state index contributed by atoms with van der Waals surface area (Å²) in [5.74, 6) is -0.400. The average molecular weight is 276 g/mol. The molecular weight excluding hydrogens is 260 g/mol. The first-order chi connectivity index (χ1) is 9.45. The van der Waals surface area contributed by atoms with Crippen LogP contribution in [-0.4, -0.2) is 22.0 Å². The lowest BCUT2D eigenvalue weighted by atomic mass is 9.81. The van der Waals surface area contributed by atoms with Crippen molar-refractivity contribution in [1.82, 2.24) is 0 Å². The zero-order chi connectivity index (χ0) is 14.7. The normalized spacial score (nSPS) is 21.4. The summed E-state index contributed by atoms with van der Waals surface area (Å²) in [4.78, 5) is 20.9. The van der Waals surface area contributed by atoms with Crippen LogP contribution < -0.4 is 5.32 Å². The van der Waals surface area contributed by atoms with Gasteiger partial charge in [0.2, 0.25) is 0 Å². The first-order valence-electron chi connectivity index (χ1n) is 6.41. The fourth-order valence-electron chi connectivity index (χ4n) is 2.33. The highest BCUT2D eigenvalue weighted by Crippen LogP contribution is 2.32. The Kier molecular flexibility index (Phi) is 4.02. The maximum atomic E-state index is 10.8. The summed E-state index contributed by atoms with van der Waals surface area (Å²) in [5.41, 5.74) is 1.19. The van der Waals surface area contributed by atoms with Crippen molar-refractivity contribution in [2.24, 2.45) is 5.92 Å². The molecule has 6 heteroatoms. The number of hydrogen-bond acceptors (Lipinski definition) is 4. The van der Waals surface area contributed by atoms with Crippen molar-refractivity contribution >= 4 is 23.4 Å². The number of nitrogens with zero attached hydrogens (tertiary/aromatic N) is 1. The molecule has 0 spiro atoms. The van der Waals surface area contributed by atoms with Crippen LogP contribution in [0.3, 0.4) is 0 Å². The number of nitro benzene ring substituents is 1. The Balaban J connectivity index is 2.24. The number of aliphatic carboxylic acids is 1. The third kappa shape index (κ3) is 3.34. The number of nitrogens with one attached hydrogen (secondary N) is 1. The van der Waals surface area contributed by atoms with E-state index < -0.39 is 10.9 Å². The summed E-state index contributed by atoms with van der Waals surface area (Å²) in [7, 11) is 0. The van der Waals surface area contributed by atoms with E-state index in [2.05, 4.69) is 12.2 Å². The number of carboxylic acid groups (broad SMARTS) is 1. The molecule has 0 unspecified atom stereocenters. The van der Waals surface area contributed by atoms with Crippen LogP contribution >= 0.6 is 0 Å². The summed E-state index contributed by atoms with van der Waals surface area (Å²) in [6.45, 7) is 2.17. The van der Waals surface area contributed by atoms with E-state index in [0.717, 1.165) is 24.6 Å². The first-order valence-corrected chi connectivity index (χ1v) is 6.41. The molecule has 0 aromatic heterocycles. The lowest BCUT2D eigenvalue weighted by Crippen LogP contribution is -2.33. The number of anilines is 1. The van der Waals surface area contributed by atoms with E-state index in [4.69, 9.17) is 5.11 Å². The first kappa shape index (κ1) is 14.0. The monoisotopic (exact) mass is 276 g/mol. The molecule has 0 amide bonds. The number of hydrogen-bond donors (Lipinski definition) is 2. The average Bonchev–Trinajstić information content (AvgIpc) is 2.35. The molecule has 0 bridgehead atoms. The number of benzene rings is 1. The standard InChI is InChI=1S/C14H16N2O4/c1-9-6-11(7-9)15-13-4-3-12(16(19)20)8-10(13)2-5-14(17)18/h2-5,8-9,11,15H,6-7H2,1H3,(H,17,18). The van der Waals surface area contributed by atoms with Crippen molar-refractivity contribution in [3.05, 3.63) is 40.0 Å². The van der Waals surface area contributed by atoms with Crippen LogP contribution in [0.2, 0.25) is 0 Å². The van der Waals surface area contributed by atoms with Gasteiger partial charge in [-0.2, -0.15) is 0 Å². The van der Waals surface area contributed by atoms with Crippen molar-refractivity contribution in [2.75, 3.05) is 5.32 Å². The topological polar surface area (TPSA) is 92.5 Å². The molecule has 0 radical (unpaired) electrons. The fraction of sp³-hybridized carbons (Fsp3) is 0.357. The quantitative estimate of drug-likeness (QED) is 0.490. The smallest absolute Gasteiger partial charge is 0.328 e. The molecule has 20 heavy (non-hydrogen) atoms. The summed E-state index contributed by atoms with van der Waals surface area (Å²) in [6, 6.07) is 4.78. The van der Waals surface area contributed by atoms with E-state index in [-0.39, 0.29) is 5.69 Å². The Morgan fingerprint density at radius 3 is 2.75 bits per heavy atom. The maximum absolute atomic E-state index is 10.8. The van der Waals surface area contributed by atoms with E-state index >= 15 is 0 Å². The lowest BCUT2D eigenvalue weighted by molar-refractivity contribution is -0.384. The predicted molar refractivity (Wildman–Crippen MR) is 75.6 cm³/mol. The molecule has 2 N–H and O–H groups in total. The van der Waals surface area contributed by atoms with E-state index in [1.54, 1.807) is 6.07 Å². The van der Waals surface area contributed by atoms with E-state index in [1.165, 1.54) is 18.2 Å². The van der Waals surface area contributed by atoms with Crippen LogP contribution in [0.1, 0.15) is 25.3 Å². The summed E-state index contributed by atoms with van der Waals surface area (Å²) in [5, 5.41) is 22.8. The van der Waals surface area contributed by atoms with Crippen LogP contribution in [0.15, 0.2) is 24.3 Å². The van der Waals surface area contributed by atoms with Gasteiger partial charge in [0.15, 0.2) is 0 Å². The molecule has 1 saturated carbocycles. The molecule has 106 valence electrons. The molecule has 1 fully saturated rings. The van der Waals surface area contributed by atoms with Crippen molar-refractivity contribution in [3.8, 4) is 0 Å². The minimum atomic E-state index is -1.08. The highest BCUT2D eigenvalue weighted by atomic mass is 16.6. The Morgan fingerprint density at radius 2 is 2.20 bits per heavy atom. The Hall–Kier alpha value is -2.37. The van der Waals surface area contributed by atoms with Gasteiger partial charge in [0.05, 0.1) is 4.92 Å². The van der Waals surface area contributed by atoms with E-state index in [9.17, 15) is 14.9 Å². The fourth-order valence-corrected chi connectivity index (χ4v) is 2.33. The molecule has 6 nitrogen and oxygen atoms in total. The molecule has 0 atom stereocenters. The summed E-state index contributed by atoms with van der Waals surface area (Å²) < 4.78 is 0. The molecule has 2 rings (SSSR count). The van der Waals surface area contributed by atoms with Gasteiger partial charge in [-0.25, -0.2) is 4.79 Å². The Bertz CT molecular complexity index is 562. The molecule has 1 aromatic carbocycles. The SMILES string of the molecule is CC1CC(Nc2ccc([N+](=O)[O-])cc2C=CC(=O)O)C1. The van der Waals surface area contributed by atoms with Crippen LogP contribution in [0.25, 0.3) is 6.08 Å². The van der Waals surface area contributed by atoms with Crippen molar-refractivity contribution < 1.29 is 14.8 Å². The Morgan fingerprint density at radius 1 is 1.50 bits per heavy atom. The number of carboxylic acids is 1. The number of rotatable bonds is 5. The van der Waals surface area contributed by atoms with Crippen molar-refractivity contribution in [3.63, 3.8) is 0 Å². The second kappa shape index (κ2) is 5.73. The lowest BCUT2D eigenvalue weighted by Gasteiger charge is -2.34. The molecule has 1 aliphatic rings. The third-order valence-corrected chi connectivity index (χ3v) is 3.38. The predicted octanol–water partition coefficient (Wildman–Crippen LogP) is 2.90. The second-order valence-corrected chi connectivity index (χ2v) is 5.12.